The van der Waals surface area contributed by atoms with Crippen molar-refractivity contribution >= 4 is 23.4 Å². The number of hydrogen-bond acceptors (Lipinski definition) is 5. The average molecular weight is 380 g/mol. The number of carbonyl (C=O) groups is 3. The lowest BCUT2D eigenvalue weighted by molar-refractivity contribution is -0.120. The molecule has 0 aromatic heterocycles. The fraction of sp³-hybridized carbons (Fsp3) is 0.286. The van der Waals surface area contributed by atoms with Crippen LogP contribution in [0.5, 0.6) is 11.5 Å². The predicted molar refractivity (Wildman–Crippen MR) is 101 cm³/mol. The zero-order chi connectivity index (χ0) is 19.8. The average Bonchev–Trinajstić information content (AvgIpc) is 3.23. The van der Waals surface area contributed by atoms with Crippen molar-refractivity contribution in [3.63, 3.8) is 0 Å². The summed E-state index contributed by atoms with van der Waals surface area (Å²) in [6, 6.07) is 10.8. The van der Waals surface area contributed by atoms with Gasteiger partial charge in [0.15, 0.2) is 11.5 Å². The highest BCUT2D eigenvalue weighted by atomic mass is 16.7. The Kier molecular flexibility index (Phi) is 4.50. The summed E-state index contributed by atoms with van der Waals surface area (Å²) >= 11 is 0. The number of ether oxygens (including phenoxy) is 2. The number of hydrogen-bond donors (Lipinski definition) is 1. The van der Waals surface area contributed by atoms with Gasteiger partial charge in [0.1, 0.15) is 6.04 Å². The summed E-state index contributed by atoms with van der Waals surface area (Å²) < 4.78 is 10.6. The number of benzene rings is 2. The lowest BCUT2D eigenvalue weighted by Crippen LogP contribution is -2.47. The Bertz CT molecular complexity index is 934. The van der Waals surface area contributed by atoms with Crippen LogP contribution < -0.4 is 14.8 Å². The first kappa shape index (κ1) is 18.0. The number of fused-ring (bicyclic) bond motifs is 2. The number of rotatable bonds is 5. The Morgan fingerprint density at radius 3 is 2.32 bits per heavy atom. The van der Waals surface area contributed by atoms with Crippen LogP contribution in [0.4, 0.5) is 5.69 Å². The summed E-state index contributed by atoms with van der Waals surface area (Å²) in [6.07, 6.45) is 0.363. The number of carbonyl (C=O) groups excluding carboxylic acids is 3. The molecule has 28 heavy (non-hydrogen) atoms. The first-order valence-electron chi connectivity index (χ1n) is 9.13. The standard InChI is InChI=1S/C21H20N2O5/c1-12(2)9-16(23-20(25)14-5-3-4-6-15(14)21(23)26)19(24)22-13-7-8-17-18(10-13)28-11-27-17/h3-8,10,12,16H,9,11H2,1-2H3,(H,22,24)/t16-/m1/s1. The van der Waals surface area contributed by atoms with Crippen molar-refractivity contribution in [2.45, 2.75) is 26.3 Å². The minimum absolute atomic E-state index is 0.108. The van der Waals surface area contributed by atoms with E-state index in [0.29, 0.717) is 34.7 Å². The van der Waals surface area contributed by atoms with Crippen molar-refractivity contribution in [2.75, 3.05) is 12.1 Å². The predicted octanol–water partition coefficient (Wildman–Crippen LogP) is 3.06. The van der Waals surface area contributed by atoms with Crippen LogP contribution in [0, 0.1) is 5.92 Å². The van der Waals surface area contributed by atoms with Crippen LogP contribution in [0.15, 0.2) is 42.5 Å². The van der Waals surface area contributed by atoms with Crippen molar-refractivity contribution in [1.29, 1.82) is 0 Å². The number of amides is 3. The van der Waals surface area contributed by atoms with Gasteiger partial charge in [-0.3, -0.25) is 19.3 Å². The summed E-state index contributed by atoms with van der Waals surface area (Å²) in [5.74, 6) is -0.0333. The van der Waals surface area contributed by atoms with Crippen LogP contribution in [-0.4, -0.2) is 35.5 Å². The maximum Gasteiger partial charge on any atom is 0.262 e. The molecule has 0 fully saturated rings. The molecule has 3 amide bonds. The summed E-state index contributed by atoms with van der Waals surface area (Å²) in [7, 11) is 0. The molecular formula is C21H20N2O5. The third kappa shape index (κ3) is 3.09. The molecule has 0 radical (unpaired) electrons. The largest absolute Gasteiger partial charge is 0.454 e. The fourth-order valence-corrected chi connectivity index (χ4v) is 3.47. The van der Waals surface area contributed by atoms with E-state index in [-0.39, 0.29) is 12.7 Å². The first-order valence-corrected chi connectivity index (χ1v) is 9.13. The van der Waals surface area contributed by atoms with Gasteiger partial charge in [-0.15, -0.1) is 0 Å². The molecule has 2 aliphatic heterocycles. The molecule has 2 aliphatic rings. The second-order valence-electron chi connectivity index (χ2n) is 7.23. The van der Waals surface area contributed by atoms with Crippen LogP contribution in [0.3, 0.4) is 0 Å². The van der Waals surface area contributed by atoms with Gasteiger partial charge in [-0.25, -0.2) is 0 Å². The van der Waals surface area contributed by atoms with Crippen LogP contribution in [-0.2, 0) is 4.79 Å². The Morgan fingerprint density at radius 1 is 1.04 bits per heavy atom. The quantitative estimate of drug-likeness (QED) is 0.806. The van der Waals surface area contributed by atoms with E-state index in [1.807, 2.05) is 13.8 Å². The molecule has 1 atom stereocenters. The van der Waals surface area contributed by atoms with Crippen molar-refractivity contribution < 1.29 is 23.9 Å². The summed E-state index contributed by atoms with van der Waals surface area (Å²) in [5.41, 5.74) is 1.17. The van der Waals surface area contributed by atoms with Gasteiger partial charge in [0, 0.05) is 11.8 Å². The van der Waals surface area contributed by atoms with Gasteiger partial charge in [0.05, 0.1) is 11.1 Å². The van der Waals surface area contributed by atoms with Gasteiger partial charge in [-0.2, -0.15) is 0 Å². The second kappa shape index (κ2) is 6.99. The Morgan fingerprint density at radius 2 is 1.68 bits per heavy atom. The van der Waals surface area contributed by atoms with E-state index in [1.54, 1.807) is 42.5 Å². The third-order valence-electron chi connectivity index (χ3n) is 4.77. The molecule has 0 unspecified atom stereocenters. The van der Waals surface area contributed by atoms with Gasteiger partial charge in [-0.1, -0.05) is 26.0 Å². The van der Waals surface area contributed by atoms with E-state index < -0.39 is 23.8 Å². The smallest absolute Gasteiger partial charge is 0.262 e. The number of imide groups is 1. The zero-order valence-corrected chi connectivity index (χ0v) is 15.6. The number of anilines is 1. The van der Waals surface area contributed by atoms with Gasteiger partial charge in [0.25, 0.3) is 11.8 Å². The normalized spacial score (nSPS) is 15.8. The monoisotopic (exact) mass is 380 g/mol. The second-order valence-corrected chi connectivity index (χ2v) is 7.23. The summed E-state index contributed by atoms with van der Waals surface area (Å²) in [5, 5.41) is 2.80. The molecule has 0 aliphatic carbocycles. The number of nitrogens with zero attached hydrogens (tertiary/aromatic N) is 1. The van der Waals surface area contributed by atoms with E-state index in [4.69, 9.17) is 9.47 Å². The van der Waals surface area contributed by atoms with E-state index in [1.165, 1.54) is 0 Å². The van der Waals surface area contributed by atoms with E-state index >= 15 is 0 Å². The molecule has 4 rings (SSSR count). The van der Waals surface area contributed by atoms with Crippen LogP contribution in [0.2, 0.25) is 0 Å². The van der Waals surface area contributed by atoms with E-state index in [0.717, 1.165) is 4.90 Å². The molecule has 2 heterocycles. The number of nitrogens with one attached hydrogen (secondary N) is 1. The molecule has 0 saturated carbocycles. The molecule has 2 aromatic carbocycles. The Balaban J connectivity index is 1.61. The molecule has 2 aromatic rings. The molecule has 0 spiro atoms. The SMILES string of the molecule is CC(C)C[C@H](C(=O)Nc1ccc2c(c1)OCO2)N1C(=O)c2ccccc2C1=O. The molecule has 7 nitrogen and oxygen atoms in total. The first-order chi connectivity index (χ1) is 13.5. The minimum Gasteiger partial charge on any atom is -0.454 e. The minimum atomic E-state index is -0.905. The van der Waals surface area contributed by atoms with Crippen molar-refractivity contribution in [2.24, 2.45) is 5.92 Å². The maximum atomic E-state index is 13.0. The third-order valence-corrected chi connectivity index (χ3v) is 4.77. The lowest BCUT2D eigenvalue weighted by atomic mass is 10.0. The van der Waals surface area contributed by atoms with Gasteiger partial charge in [-0.05, 0) is 36.6 Å². The molecule has 0 bridgehead atoms. The van der Waals surface area contributed by atoms with Crippen molar-refractivity contribution in [1.82, 2.24) is 4.90 Å². The fourth-order valence-electron chi connectivity index (χ4n) is 3.47. The van der Waals surface area contributed by atoms with Crippen molar-refractivity contribution in [3.05, 3.63) is 53.6 Å². The zero-order valence-electron chi connectivity index (χ0n) is 15.6. The van der Waals surface area contributed by atoms with Crippen LogP contribution in [0.1, 0.15) is 41.0 Å². The van der Waals surface area contributed by atoms with E-state index in [9.17, 15) is 14.4 Å². The van der Waals surface area contributed by atoms with Crippen LogP contribution in [0.25, 0.3) is 0 Å². The van der Waals surface area contributed by atoms with E-state index in [2.05, 4.69) is 5.32 Å². The lowest BCUT2D eigenvalue weighted by Gasteiger charge is -2.26. The molecule has 144 valence electrons. The Hall–Kier alpha value is -3.35. The maximum absolute atomic E-state index is 13.0. The molecule has 1 N–H and O–H groups in total. The van der Waals surface area contributed by atoms with Crippen molar-refractivity contribution in [3.8, 4) is 11.5 Å². The highest BCUT2D eigenvalue weighted by Crippen LogP contribution is 2.34. The van der Waals surface area contributed by atoms with Gasteiger partial charge in [0.2, 0.25) is 12.7 Å². The summed E-state index contributed by atoms with van der Waals surface area (Å²) in [4.78, 5) is 39.8. The Labute approximate surface area is 162 Å². The topological polar surface area (TPSA) is 84.9 Å². The van der Waals surface area contributed by atoms with Crippen LogP contribution >= 0.6 is 0 Å². The molecular weight excluding hydrogens is 360 g/mol. The molecule has 0 saturated heterocycles. The van der Waals surface area contributed by atoms with Gasteiger partial charge < -0.3 is 14.8 Å². The summed E-state index contributed by atoms with van der Waals surface area (Å²) in [6.45, 7) is 4.02. The van der Waals surface area contributed by atoms with Gasteiger partial charge >= 0.3 is 0 Å². The molecule has 7 heteroatoms. The highest BCUT2D eigenvalue weighted by Gasteiger charge is 2.42. The highest BCUT2D eigenvalue weighted by molar-refractivity contribution is 6.23.